The maximum absolute atomic E-state index is 11.6. The molecule has 2 aromatic rings. The second-order valence-electron chi connectivity index (χ2n) is 4.68. The van der Waals surface area contributed by atoms with Gasteiger partial charge in [0.25, 0.3) is 0 Å². The quantitative estimate of drug-likeness (QED) is 0.792. The van der Waals surface area contributed by atoms with Crippen LogP contribution in [0.1, 0.15) is 25.4 Å². The van der Waals surface area contributed by atoms with Gasteiger partial charge >= 0.3 is 0 Å². The van der Waals surface area contributed by atoms with E-state index in [0.29, 0.717) is 12.4 Å². The SMILES string of the molecule is CCc1nn(C)c2c1nc(CCl)n2CC(C)S(C)=O. The van der Waals surface area contributed by atoms with Gasteiger partial charge in [-0.05, 0) is 13.3 Å². The highest BCUT2D eigenvalue weighted by molar-refractivity contribution is 7.84. The monoisotopic (exact) mass is 302 g/mol. The minimum absolute atomic E-state index is 0.0549. The van der Waals surface area contributed by atoms with E-state index in [9.17, 15) is 4.21 Å². The molecule has 2 heterocycles. The molecule has 0 amide bonds. The van der Waals surface area contributed by atoms with Crippen molar-refractivity contribution in [3.63, 3.8) is 0 Å². The van der Waals surface area contributed by atoms with Gasteiger partial charge in [0.1, 0.15) is 11.3 Å². The predicted octanol–water partition coefficient (Wildman–Crippen LogP) is 1.84. The van der Waals surface area contributed by atoms with Crippen LogP contribution in [0.4, 0.5) is 0 Å². The van der Waals surface area contributed by atoms with E-state index in [0.717, 1.165) is 29.1 Å². The van der Waals surface area contributed by atoms with E-state index in [4.69, 9.17) is 11.6 Å². The van der Waals surface area contributed by atoms with Crippen LogP contribution in [0.2, 0.25) is 0 Å². The van der Waals surface area contributed by atoms with Gasteiger partial charge in [-0.25, -0.2) is 4.98 Å². The number of imidazole rings is 1. The van der Waals surface area contributed by atoms with Crippen molar-refractivity contribution in [3.05, 3.63) is 11.5 Å². The summed E-state index contributed by atoms with van der Waals surface area (Å²) in [4.78, 5) is 4.58. The number of fused-ring (bicyclic) bond motifs is 1. The topological polar surface area (TPSA) is 52.7 Å². The maximum atomic E-state index is 11.6. The lowest BCUT2D eigenvalue weighted by Gasteiger charge is -2.12. The predicted molar refractivity (Wildman–Crippen MR) is 79.0 cm³/mol. The summed E-state index contributed by atoms with van der Waals surface area (Å²) < 4.78 is 15.5. The first-order chi connectivity index (χ1) is 8.99. The van der Waals surface area contributed by atoms with E-state index in [2.05, 4.69) is 17.0 Å². The fourth-order valence-electron chi connectivity index (χ4n) is 2.18. The largest absolute Gasteiger partial charge is 0.311 e. The lowest BCUT2D eigenvalue weighted by Crippen LogP contribution is -2.19. The van der Waals surface area contributed by atoms with Crippen molar-refractivity contribution < 1.29 is 4.21 Å². The Morgan fingerprint density at radius 1 is 1.47 bits per heavy atom. The molecule has 2 atom stereocenters. The van der Waals surface area contributed by atoms with Crippen molar-refractivity contribution >= 4 is 33.6 Å². The Hall–Kier alpha value is -0.880. The van der Waals surface area contributed by atoms with Crippen molar-refractivity contribution in [1.82, 2.24) is 19.3 Å². The molecule has 0 saturated heterocycles. The molecule has 2 aromatic heterocycles. The Balaban J connectivity index is 2.57. The normalized spacial score (nSPS) is 15.0. The van der Waals surface area contributed by atoms with Gasteiger partial charge in [-0.2, -0.15) is 5.10 Å². The average molecular weight is 303 g/mol. The molecule has 2 unspecified atom stereocenters. The highest BCUT2D eigenvalue weighted by Crippen LogP contribution is 2.22. The molecule has 0 fully saturated rings. The van der Waals surface area contributed by atoms with Crippen LogP contribution >= 0.6 is 11.6 Å². The van der Waals surface area contributed by atoms with Gasteiger partial charge in [0.15, 0.2) is 5.65 Å². The second kappa shape index (κ2) is 5.63. The van der Waals surface area contributed by atoms with Crippen LogP contribution in [-0.4, -0.2) is 35.0 Å². The zero-order valence-corrected chi connectivity index (χ0v) is 13.3. The maximum Gasteiger partial charge on any atom is 0.158 e. The number of rotatable bonds is 5. The summed E-state index contributed by atoms with van der Waals surface area (Å²) in [7, 11) is 1.04. The number of aryl methyl sites for hydroxylation is 2. The highest BCUT2D eigenvalue weighted by Gasteiger charge is 2.20. The molecule has 0 N–H and O–H groups in total. The Labute approximate surface area is 120 Å². The summed E-state index contributed by atoms with van der Waals surface area (Å²) in [5.74, 6) is 1.16. The molecule has 0 spiro atoms. The fraction of sp³-hybridized carbons (Fsp3) is 0.667. The van der Waals surface area contributed by atoms with Crippen molar-refractivity contribution in [2.75, 3.05) is 6.26 Å². The molecule has 5 nitrogen and oxygen atoms in total. The lowest BCUT2D eigenvalue weighted by atomic mass is 10.3. The molecule has 0 aliphatic carbocycles. The van der Waals surface area contributed by atoms with Crippen LogP contribution in [0.5, 0.6) is 0 Å². The van der Waals surface area contributed by atoms with Crippen LogP contribution in [-0.2, 0) is 36.7 Å². The molecule has 0 aromatic carbocycles. The molecule has 0 aliphatic heterocycles. The van der Waals surface area contributed by atoms with E-state index in [1.54, 1.807) is 6.26 Å². The van der Waals surface area contributed by atoms with Gasteiger partial charge in [-0.1, -0.05) is 6.92 Å². The number of hydrogen-bond acceptors (Lipinski definition) is 3. The lowest BCUT2D eigenvalue weighted by molar-refractivity contribution is 0.624. The minimum Gasteiger partial charge on any atom is -0.311 e. The molecule has 0 radical (unpaired) electrons. The van der Waals surface area contributed by atoms with E-state index >= 15 is 0 Å². The molecule has 2 rings (SSSR count). The Kier molecular flexibility index (Phi) is 4.30. The summed E-state index contributed by atoms with van der Waals surface area (Å²) in [6.07, 6.45) is 2.56. The average Bonchev–Trinajstić information content (AvgIpc) is 2.88. The molecule has 7 heteroatoms. The highest BCUT2D eigenvalue weighted by atomic mass is 35.5. The van der Waals surface area contributed by atoms with Crippen LogP contribution in [0, 0.1) is 0 Å². The summed E-state index contributed by atoms with van der Waals surface area (Å²) >= 11 is 5.98. The van der Waals surface area contributed by atoms with E-state index in [-0.39, 0.29) is 5.25 Å². The third kappa shape index (κ3) is 2.56. The van der Waals surface area contributed by atoms with Gasteiger partial charge in [0, 0.05) is 35.9 Å². The fourth-order valence-corrected chi connectivity index (χ4v) is 2.74. The molecule has 0 saturated carbocycles. The number of aromatic nitrogens is 4. The first-order valence-electron chi connectivity index (χ1n) is 6.28. The third-order valence-electron chi connectivity index (χ3n) is 3.33. The zero-order chi connectivity index (χ0) is 14.2. The van der Waals surface area contributed by atoms with E-state index < -0.39 is 10.8 Å². The summed E-state index contributed by atoms with van der Waals surface area (Å²) in [5.41, 5.74) is 2.85. The number of nitrogens with zero attached hydrogens (tertiary/aromatic N) is 4. The van der Waals surface area contributed by atoms with Gasteiger partial charge in [0.2, 0.25) is 0 Å². The van der Waals surface area contributed by atoms with Gasteiger partial charge < -0.3 is 4.57 Å². The Morgan fingerprint density at radius 3 is 2.68 bits per heavy atom. The smallest absolute Gasteiger partial charge is 0.158 e. The Morgan fingerprint density at radius 2 is 2.16 bits per heavy atom. The molecule has 19 heavy (non-hydrogen) atoms. The van der Waals surface area contributed by atoms with E-state index in [1.807, 2.05) is 23.2 Å². The Bertz CT molecular complexity index is 619. The molecule has 106 valence electrons. The second-order valence-corrected chi connectivity index (χ2v) is 6.75. The van der Waals surface area contributed by atoms with Gasteiger partial charge in [0.05, 0.1) is 11.6 Å². The van der Waals surface area contributed by atoms with Crippen molar-refractivity contribution in [1.29, 1.82) is 0 Å². The number of alkyl halides is 1. The first kappa shape index (κ1) is 14.5. The number of hydrogen-bond donors (Lipinski definition) is 0. The van der Waals surface area contributed by atoms with Crippen LogP contribution in [0.25, 0.3) is 11.2 Å². The zero-order valence-electron chi connectivity index (χ0n) is 11.7. The summed E-state index contributed by atoms with van der Waals surface area (Å²) in [5, 5.41) is 4.53. The van der Waals surface area contributed by atoms with Crippen LogP contribution in [0.15, 0.2) is 0 Å². The molecule has 0 bridgehead atoms. The molecular formula is C12H19ClN4OS. The molecule has 0 aliphatic rings. The van der Waals surface area contributed by atoms with Crippen LogP contribution < -0.4 is 0 Å². The van der Waals surface area contributed by atoms with Crippen LogP contribution in [0.3, 0.4) is 0 Å². The van der Waals surface area contributed by atoms with E-state index in [1.165, 1.54) is 0 Å². The first-order valence-corrected chi connectivity index (χ1v) is 8.44. The van der Waals surface area contributed by atoms with Crippen molar-refractivity contribution in [2.45, 2.75) is 37.9 Å². The summed E-state index contributed by atoms with van der Waals surface area (Å²) in [6, 6.07) is 0. The number of halogens is 1. The third-order valence-corrected chi connectivity index (χ3v) is 4.85. The molecular weight excluding hydrogens is 284 g/mol. The van der Waals surface area contributed by atoms with Gasteiger partial charge in [-0.15, -0.1) is 11.6 Å². The van der Waals surface area contributed by atoms with Crippen molar-refractivity contribution in [2.24, 2.45) is 7.05 Å². The van der Waals surface area contributed by atoms with Crippen molar-refractivity contribution in [3.8, 4) is 0 Å². The minimum atomic E-state index is -0.871. The van der Waals surface area contributed by atoms with Gasteiger partial charge in [-0.3, -0.25) is 8.89 Å². The summed E-state index contributed by atoms with van der Waals surface area (Å²) in [6.45, 7) is 4.67. The standard InChI is InChI=1S/C12H19ClN4OS/c1-5-9-11-12(16(3)15-9)17(10(6-13)14-11)7-8(2)19(4)18/h8H,5-7H2,1-4H3.